The Morgan fingerprint density at radius 1 is 1.25 bits per heavy atom. The molecule has 6 nitrogen and oxygen atoms in total. The Bertz CT molecular complexity index is 390. The number of piperazine rings is 1. The third-order valence-corrected chi connectivity index (χ3v) is 4.88. The van der Waals surface area contributed by atoms with Crippen LogP contribution in [-0.4, -0.2) is 69.1 Å². The lowest BCUT2D eigenvalue weighted by Crippen LogP contribution is -2.56. The van der Waals surface area contributed by atoms with E-state index in [0.717, 1.165) is 10.7 Å². The van der Waals surface area contributed by atoms with Crippen LogP contribution in [0, 0.1) is 0 Å². The van der Waals surface area contributed by atoms with Crippen molar-refractivity contribution in [3.63, 3.8) is 0 Å². The Kier molecular flexibility index (Phi) is 6.20. The lowest BCUT2D eigenvalue weighted by Gasteiger charge is -2.38. The molecule has 3 N–H and O–H groups in total. The molecule has 1 aliphatic rings. The predicted octanol–water partition coefficient (Wildman–Crippen LogP) is -0.262. The highest BCUT2D eigenvalue weighted by molar-refractivity contribution is 7.87. The Hall–Kier alpha value is -0.420. The molecule has 1 unspecified atom stereocenters. The summed E-state index contributed by atoms with van der Waals surface area (Å²) in [5.74, 6) is 0. The van der Waals surface area contributed by atoms with Gasteiger partial charge in [-0.25, -0.2) is 0 Å². The number of nitrogens with two attached hydrogens (primary N) is 1. The van der Waals surface area contributed by atoms with Crippen molar-refractivity contribution in [3.8, 4) is 0 Å². The molecule has 1 fully saturated rings. The number of halogens is 3. The molecule has 1 aliphatic heterocycles. The normalized spacial score (nSPS) is 21.1. The van der Waals surface area contributed by atoms with Gasteiger partial charge in [0.15, 0.2) is 0 Å². The van der Waals surface area contributed by atoms with Gasteiger partial charge in [0.1, 0.15) is 6.54 Å². The molecular formula is C10H21F3N4O2S. The van der Waals surface area contributed by atoms with Crippen LogP contribution in [0.15, 0.2) is 0 Å². The molecule has 10 heteroatoms. The molecule has 0 radical (unpaired) electrons. The molecule has 0 aromatic rings. The van der Waals surface area contributed by atoms with Gasteiger partial charge in [-0.1, -0.05) is 6.92 Å². The molecule has 1 atom stereocenters. The van der Waals surface area contributed by atoms with Crippen LogP contribution in [0.1, 0.15) is 13.3 Å². The van der Waals surface area contributed by atoms with Crippen LogP contribution < -0.4 is 10.5 Å². The zero-order valence-corrected chi connectivity index (χ0v) is 12.2. The maximum Gasteiger partial charge on any atom is 0.402 e. The second-order valence-corrected chi connectivity index (χ2v) is 6.43. The van der Waals surface area contributed by atoms with Crippen molar-refractivity contribution >= 4 is 10.2 Å². The maximum absolute atomic E-state index is 12.0. The first-order valence-electron chi connectivity index (χ1n) is 6.45. The summed E-state index contributed by atoms with van der Waals surface area (Å²) >= 11 is 0. The first kappa shape index (κ1) is 17.6. The summed E-state index contributed by atoms with van der Waals surface area (Å²) in [5, 5.41) is 0. The van der Waals surface area contributed by atoms with E-state index >= 15 is 0 Å². The summed E-state index contributed by atoms with van der Waals surface area (Å²) in [4.78, 5) is 2.07. The fourth-order valence-electron chi connectivity index (χ4n) is 2.15. The molecule has 0 amide bonds. The Morgan fingerprint density at radius 3 is 2.20 bits per heavy atom. The van der Waals surface area contributed by atoms with E-state index in [4.69, 9.17) is 5.73 Å². The molecule has 0 aliphatic carbocycles. The predicted molar refractivity (Wildman–Crippen MR) is 69.3 cm³/mol. The average molecular weight is 318 g/mol. The lowest BCUT2D eigenvalue weighted by molar-refractivity contribution is -0.121. The zero-order chi connectivity index (χ0) is 15.4. The van der Waals surface area contributed by atoms with E-state index in [-0.39, 0.29) is 19.1 Å². The summed E-state index contributed by atoms with van der Waals surface area (Å²) < 4.78 is 62.2. The quantitative estimate of drug-likeness (QED) is 0.707. The minimum absolute atomic E-state index is 0.170. The fraction of sp³-hybridized carbons (Fsp3) is 1.00. The van der Waals surface area contributed by atoms with E-state index < -0.39 is 22.9 Å². The monoisotopic (exact) mass is 318 g/mol. The molecular weight excluding hydrogens is 297 g/mol. The SMILES string of the molecule is CCC(CN)N1CCN(S(=O)(=O)NCC(F)(F)F)CC1. The lowest BCUT2D eigenvalue weighted by atomic mass is 10.1. The molecule has 0 aromatic heterocycles. The fourth-order valence-corrected chi connectivity index (χ4v) is 3.32. The third-order valence-electron chi connectivity index (χ3n) is 3.33. The molecule has 0 bridgehead atoms. The second kappa shape index (κ2) is 7.03. The van der Waals surface area contributed by atoms with Crippen LogP contribution in [0.2, 0.25) is 0 Å². The van der Waals surface area contributed by atoms with Gasteiger partial charge >= 0.3 is 6.18 Å². The van der Waals surface area contributed by atoms with Gasteiger partial charge in [0.05, 0.1) is 0 Å². The molecule has 120 valence electrons. The average Bonchev–Trinajstić information content (AvgIpc) is 2.38. The van der Waals surface area contributed by atoms with E-state index in [1.807, 2.05) is 6.92 Å². The minimum Gasteiger partial charge on any atom is -0.329 e. The van der Waals surface area contributed by atoms with Gasteiger partial charge in [-0.05, 0) is 6.42 Å². The smallest absolute Gasteiger partial charge is 0.329 e. The summed E-state index contributed by atoms with van der Waals surface area (Å²) in [5.41, 5.74) is 5.62. The summed E-state index contributed by atoms with van der Waals surface area (Å²) in [7, 11) is -4.07. The van der Waals surface area contributed by atoms with Crippen molar-refractivity contribution in [2.45, 2.75) is 25.6 Å². The molecule has 1 rings (SSSR count). The van der Waals surface area contributed by atoms with Crippen molar-refractivity contribution in [1.82, 2.24) is 13.9 Å². The third kappa shape index (κ3) is 5.17. The molecule has 1 saturated heterocycles. The Balaban J connectivity index is 2.52. The molecule has 0 saturated carbocycles. The van der Waals surface area contributed by atoms with Crippen LogP contribution in [0.5, 0.6) is 0 Å². The highest BCUT2D eigenvalue weighted by atomic mass is 32.2. The number of nitrogens with one attached hydrogen (secondary N) is 1. The van der Waals surface area contributed by atoms with Crippen molar-refractivity contribution in [2.75, 3.05) is 39.3 Å². The maximum atomic E-state index is 12.0. The zero-order valence-electron chi connectivity index (χ0n) is 11.4. The van der Waals surface area contributed by atoms with Gasteiger partial charge in [-0.15, -0.1) is 0 Å². The van der Waals surface area contributed by atoms with Gasteiger partial charge in [-0.3, -0.25) is 4.90 Å². The van der Waals surface area contributed by atoms with Gasteiger partial charge < -0.3 is 5.73 Å². The molecule has 1 heterocycles. The second-order valence-electron chi connectivity index (χ2n) is 4.67. The van der Waals surface area contributed by atoms with Crippen molar-refractivity contribution in [1.29, 1.82) is 0 Å². The van der Waals surface area contributed by atoms with Crippen LogP contribution in [0.25, 0.3) is 0 Å². The molecule has 20 heavy (non-hydrogen) atoms. The van der Waals surface area contributed by atoms with Crippen LogP contribution in [-0.2, 0) is 10.2 Å². The van der Waals surface area contributed by atoms with Crippen molar-refractivity contribution < 1.29 is 21.6 Å². The van der Waals surface area contributed by atoms with E-state index in [1.54, 1.807) is 4.72 Å². The van der Waals surface area contributed by atoms with Crippen molar-refractivity contribution in [2.24, 2.45) is 5.73 Å². The number of nitrogens with zero attached hydrogens (tertiary/aromatic N) is 2. The standard InChI is InChI=1S/C10H21F3N4O2S/c1-2-9(7-14)16-3-5-17(6-4-16)20(18,19)15-8-10(11,12)13/h9,15H,2-8,14H2,1H3. The van der Waals surface area contributed by atoms with Gasteiger partial charge in [0.2, 0.25) is 0 Å². The number of hydrogen-bond acceptors (Lipinski definition) is 4. The van der Waals surface area contributed by atoms with Crippen molar-refractivity contribution in [3.05, 3.63) is 0 Å². The highest BCUT2D eigenvalue weighted by Gasteiger charge is 2.33. The van der Waals surface area contributed by atoms with E-state index in [1.165, 1.54) is 0 Å². The number of hydrogen-bond donors (Lipinski definition) is 2. The first-order valence-corrected chi connectivity index (χ1v) is 7.89. The Labute approximate surface area is 117 Å². The minimum atomic E-state index is -4.55. The van der Waals surface area contributed by atoms with Gasteiger partial charge in [-0.2, -0.15) is 30.6 Å². The van der Waals surface area contributed by atoms with Crippen LogP contribution in [0.4, 0.5) is 13.2 Å². The summed E-state index contributed by atoms with van der Waals surface area (Å²) in [6.07, 6.45) is -3.70. The number of alkyl halides is 3. The first-order chi connectivity index (χ1) is 9.19. The largest absolute Gasteiger partial charge is 0.402 e. The van der Waals surface area contributed by atoms with Crippen LogP contribution in [0.3, 0.4) is 0 Å². The summed E-state index contributed by atoms with van der Waals surface area (Å²) in [6.45, 7) is 2.22. The summed E-state index contributed by atoms with van der Waals surface area (Å²) in [6, 6.07) is 0.183. The molecule has 0 spiro atoms. The molecule has 0 aromatic carbocycles. The Morgan fingerprint density at radius 2 is 1.80 bits per heavy atom. The highest BCUT2D eigenvalue weighted by Crippen LogP contribution is 2.15. The topological polar surface area (TPSA) is 78.7 Å². The van der Waals surface area contributed by atoms with Gasteiger partial charge in [0, 0.05) is 38.8 Å². The van der Waals surface area contributed by atoms with Gasteiger partial charge in [0.25, 0.3) is 10.2 Å². The van der Waals surface area contributed by atoms with E-state index in [0.29, 0.717) is 19.6 Å². The van der Waals surface area contributed by atoms with Crippen LogP contribution >= 0.6 is 0 Å². The van der Waals surface area contributed by atoms with E-state index in [9.17, 15) is 21.6 Å². The number of rotatable bonds is 6. The van der Waals surface area contributed by atoms with E-state index in [2.05, 4.69) is 4.90 Å².